The quantitative estimate of drug-likeness (QED) is 0.587. The topological polar surface area (TPSA) is 80.0 Å². The largest absolute Gasteiger partial charge is 0.492 e. The van der Waals surface area contributed by atoms with E-state index >= 15 is 0 Å². The molecule has 0 radical (unpaired) electrons. The number of thioether (sulfide) groups is 1. The standard InChI is InChI=1S/C24H32N4O2S/c1-5-30-22-13-7-6-11-21(22)28-20(19(10-8-14-25)16-18(2)3)12-9-15-27-24(28)31-17-23(29)26-4/h6-8,10-14,16H,5,9,15,17,25H2,1-4H3,(H,26,29)/b14-8-,19-10+. The summed E-state index contributed by atoms with van der Waals surface area (Å²) in [5.74, 6) is 0.990. The fourth-order valence-electron chi connectivity index (χ4n) is 3.02. The minimum Gasteiger partial charge on any atom is -0.492 e. The van der Waals surface area contributed by atoms with Crippen LogP contribution in [0.15, 0.2) is 76.6 Å². The number of rotatable bonds is 8. The Hall–Kier alpha value is -2.93. The molecule has 1 aromatic carbocycles. The van der Waals surface area contributed by atoms with Gasteiger partial charge < -0.3 is 15.8 Å². The molecule has 1 aliphatic rings. The maximum absolute atomic E-state index is 12.0. The number of ether oxygens (including phenoxy) is 1. The number of hydrogen-bond acceptors (Lipinski definition) is 6. The van der Waals surface area contributed by atoms with E-state index in [1.807, 2.05) is 43.3 Å². The first kappa shape index (κ1) is 24.3. The summed E-state index contributed by atoms with van der Waals surface area (Å²) in [6, 6.07) is 7.89. The number of hydrogen-bond donors (Lipinski definition) is 2. The van der Waals surface area contributed by atoms with Crippen LogP contribution in [0.1, 0.15) is 27.2 Å². The van der Waals surface area contributed by atoms with Crippen LogP contribution in [0, 0.1) is 0 Å². The molecular weight excluding hydrogens is 408 g/mol. The Balaban J connectivity index is 2.66. The van der Waals surface area contributed by atoms with Gasteiger partial charge in [-0.1, -0.05) is 47.7 Å². The van der Waals surface area contributed by atoms with Crippen molar-refractivity contribution in [1.82, 2.24) is 5.32 Å². The van der Waals surface area contributed by atoms with Gasteiger partial charge in [0.25, 0.3) is 0 Å². The zero-order chi connectivity index (χ0) is 22.6. The molecule has 0 atom stereocenters. The molecule has 31 heavy (non-hydrogen) atoms. The molecule has 0 unspecified atom stereocenters. The second-order valence-electron chi connectivity index (χ2n) is 6.97. The van der Waals surface area contributed by atoms with Crippen LogP contribution in [-0.4, -0.2) is 37.0 Å². The summed E-state index contributed by atoms with van der Waals surface area (Å²) >= 11 is 1.41. The highest BCUT2D eigenvalue weighted by molar-refractivity contribution is 8.14. The highest BCUT2D eigenvalue weighted by Crippen LogP contribution is 2.37. The van der Waals surface area contributed by atoms with E-state index in [0.717, 1.165) is 39.9 Å². The molecule has 1 aliphatic heterocycles. The van der Waals surface area contributed by atoms with Gasteiger partial charge in [-0.05, 0) is 57.2 Å². The summed E-state index contributed by atoms with van der Waals surface area (Å²) in [4.78, 5) is 18.9. The van der Waals surface area contributed by atoms with Gasteiger partial charge in [0.05, 0.1) is 23.7 Å². The Morgan fingerprint density at radius 1 is 1.35 bits per heavy atom. The van der Waals surface area contributed by atoms with E-state index in [1.54, 1.807) is 7.05 Å². The van der Waals surface area contributed by atoms with Gasteiger partial charge in [-0.3, -0.25) is 14.7 Å². The van der Waals surface area contributed by atoms with Crippen molar-refractivity contribution >= 4 is 28.5 Å². The first-order valence-corrected chi connectivity index (χ1v) is 11.3. The number of allylic oxidation sites excluding steroid dienone is 4. The molecular formula is C24H32N4O2S. The molecule has 1 heterocycles. The second kappa shape index (κ2) is 12.7. The first-order valence-electron chi connectivity index (χ1n) is 10.4. The van der Waals surface area contributed by atoms with Gasteiger partial charge in [0.2, 0.25) is 5.91 Å². The third kappa shape index (κ3) is 7.07. The van der Waals surface area contributed by atoms with Gasteiger partial charge in [0, 0.05) is 13.6 Å². The molecule has 3 N–H and O–H groups in total. The summed E-state index contributed by atoms with van der Waals surface area (Å²) in [5.41, 5.74) is 9.65. The van der Waals surface area contributed by atoms with Gasteiger partial charge in [-0.25, -0.2) is 0 Å². The third-order valence-electron chi connectivity index (χ3n) is 4.29. The van der Waals surface area contributed by atoms with Crippen LogP contribution in [-0.2, 0) is 4.79 Å². The predicted octanol–water partition coefficient (Wildman–Crippen LogP) is 4.38. The third-order valence-corrected chi connectivity index (χ3v) is 5.27. The molecule has 2 rings (SSSR count). The molecule has 0 aromatic heterocycles. The van der Waals surface area contributed by atoms with Crippen molar-refractivity contribution in [2.75, 3.05) is 30.9 Å². The number of nitrogens with zero attached hydrogens (tertiary/aromatic N) is 2. The summed E-state index contributed by atoms with van der Waals surface area (Å²) in [5, 5.41) is 3.43. The Kier molecular flexibility index (Phi) is 9.97. The Morgan fingerprint density at radius 2 is 2.13 bits per heavy atom. The SMILES string of the molecule is CCOc1ccccc1N1C(/C(C=C(C)C)=C/C=C\N)=CCCN=C1SCC(=O)NC. The minimum atomic E-state index is -0.0494. The minimum absolute atomic E-state index is 0.0494. The average molecular weight is 441 g/mol. The van der Waals surface area contributed by atoms with Crippen molar-refractivity contribution in [3.05, 3.63) is 71.6 Å². The predicted molar refractivity (Wildman–Crippen MR) is 132 cm³/mol. The van der Waals surface area contributed by atoms with E-state index in [4.69, 9.17) is 15.5 Å². The van der Waals surface area contributed by atoms with Crippen LogP contribution in [0.25, 0.3) is 0 Å². The fraction of sp³-hybridized carbons (Fsp3) is 0.333. The lowest BCUT2D eigenvalue weighted by atomic mass is 10.1. The van der Waals surface area contributed by atoms with Crippen molar-refractivity contribution in [3.63, 3.8) is 0 Å². The molecule has 166 valence electrons. The van der Waals surface area contributed by atoms with Crippen molar-refractivity contribution in [1.29, 1.82) is 0 Å². The summed E-state index contributed by atoms with van der Waals surface area (Å²) in [7, 11) is 1.64. The highest BCUT2D eigenvalue weighted by atomic mass is 32.2. The molecule has 0 saturated heterocycles. The van der Waals surface area contributed by atoms with Gasteiger partial charge in [-0.15, -0.1) is 0 Å². The van der Waals surface area contributed by atoms with Crippen LogP contribution >= 0.6 is 11.8 Å². The number of aliphatic imine (C=N–C) groups is 1. The van der Waals surface area contributed by atoms with Crippen LogP contribution in [0.2, 0.25) is 0 Å². The zero-order valence-electron chi connectivity index (χ0n) is 18.7. The van der Waals surface area contributed by atoms with E-state index in [-0.39, 0.29) is 11.7 Å². The Morgan fingerprint density at radius 3 is 2.81 bits per heavy atom. The molecule has 0 saturated carbocycles. The molecule has 0 aliphatic carbocycles. The zero-order valence-corrected chi connectivity index (χ0v) is 19.5. The van der Waals surface area contributed by atoms with E-state index in [2.05, 4.69) is 36.2 Å². The maximum atomic E-state index is 12.0. The first-order chi connectivity index (χ1) is 15.0. The summed E-state index contributed by atoms with van der Waals surface area (Å²) in [6.07, 6.45) is 10.4. The van der Waals surface area contributed by atoms with E-state index < -0.39 is 0 Å². The number of anilines is 1. The number of amides is 1. The molecule has 6 nitrogen and oxygen atoms in total. The fourth-order valence-corrected chi connectivity index (χ4v) is 3.93. The van der Waals surface area contributed by atoms with Crippen molar-refractivity contribution in [3.8, 4) is 5.75 Å². The van der Waals surface area contributed by atoms with Gasteiger partial charge in [0.15, 0.2) is 5.17 Å². The molecule has 1 amide bonds. The summed E-state index contributed by atoms with van der Waals surface area (Å²) in [6.45, 7) is 7.28. The smallest absolute Gasteiger partial charge is 0.230 e. The highest BCUT2D eigenvalue weighted by Gasteiger charge is 2.25. The second-order valence-corrected chi connectivity index (χ2v) is 7.91. The average Bonchev–Trinajstić information content (AvgIpc) is 2.97. The van der Waals surface area contributed by atoms with Gasteiger partial charge in [-0.2, -0.15) is 0 Å². The monoisotopic (exact) mass is 440 g/mol. The molecule has 0 spiro atoms. The van der Waals surface area contributed by atoms with E-state index in [1.165, 1.54) is 18.0 Å². The van der Waals surface area contributed by atoms with Gasteiger partial charge >= 0.3 is 0 Å². The molecule has 7 heteroatoms. The molecule has 0 fully saturated rings. The number of carbonyl (C=O) groups is 1. The molecule has 0 bridgehead atoms. The maximum Gasteiger partial charge on any atom is 0.230 e. The lowest BCUT2D eigenvalue weighted by Gasteiger charge is -2.30. The van der Waals surface area contributed by atoms with E-state index in [9.17, 15) is 4.79 Å². The number of nitrogens with one attached hydrogen (secondary N) is 1. The van der Waals surface area contributed by atoms with Crippen LogP contribution in [0.3, 0.4) is 0 Å². The number of amidine groups is 1. The van der Waals surface area contributed by atoms with Gasteiger partial charge in [0.1, 0.15) is 5.75 Å². The number of nitrogens with two attached hydrogens (primary N) is 1. The normalized spacial score (nSPS) is 14.6. The number of carbonyl (C=O) groups excluding carboxylic acids is 1. The van der Waals surface area contributed by atoms with Crippen molar-refractivity contribution < 1.29 is 9.53 Å². The lowest BCUT2D eigenvalue weighted by Crippen LogP contribution is -2.31. The van der Waals surface area contributed by atoms with Crippen LogP contribution < -0.4 is 20.7 Å². The van der Waals surface area contributed by atoms with Crippen molar-refractivity contribution in [2.24, 2.45) is 10.7 Å². The van der Waals surface area contributed by atoms with Crippen molar-refractivity contribution in [2.45, 2.75) is 27.2 Å². The Labute approximate surface area is 189 Å². The summed E-state index contributed by atoms with van der Waals surface area (Å²) < 4.78 is 5.94. The number of para-hydroxylation sites is 2. The molecule has 1 aromatic rings. The number of benzene rings is 1. The van der Waals surface area contributed by atoms with E-state index in [0.29, 0.717) is 13.2 Å². The van der Waals surface area contributed by atoms with Crippen LogP contribution in [0.5, 0.6) is 5.75 Å². The Bertz CT molecular complexity index is 912. The van der Waals surface area contributed by atoms with Crippen LogP contribution in [0.4, 0.5) is 5.69 Å². The lowest BCUT2D eigenvalue weighted by molar-refractivity contribution is -0.118.